The number of benzene rings is 3. The van der Waals surface area contributed by atoms with Crippen LogP contribution in [0.5, 0.6) is 11.5 Å². The van der Waals surface area contributed by atoms with Gasteiger partial charge in [0.2, 0.25) is 0 Å². The number of nitrogens with one attached hydrogen (secondary N) is 2. The highest BCUT2D eigenvalue weighted by Crippen LogP contribution is 2.28. The lowest BCUT2D eigenvalue weighted by Gasteiger charge is -2.15. The van der Waals surface area contributed by atoms with Crippen molar-refractivity contribution >= 4 is 37.6 Å². The van der Waals surface area contributed by atoms with Gasteiger partial charge < -0.3 is 19.0 Å². The maximum atomic E-state index is 12.6. The predicted molar refractivity (Wildman–Crippen MR) is 130 cm³/mol. The van der Waals surface area contributed by atoms with Gasteiger partial charge >= 0.3 is 26.3 Å². The third-order valence-electron chi connectivity index (χ3n) is 4.34. The van der Waals surface area contributed by atoms with Crippen LogP contribution in [0, 0.1) is 0 Å². The van der Waals surface area contributed by atoms with Crippen molar-refractivity contribution in [1.82, 2.24) is 0 Å². The number of hydrogen-bond acceptors (Lipinski definition) is 7. The van der Waals surface area contributed by atoms with E-state index in [0.29, 0.717) is 12.0 Å². The van der Waals surface area contributed by atoms with E-state index in [1.165, 1.54) is 24.3 Å². The molecule has 3 aromatic rings. The molecule has 0 spiro atoms. The molecule has 0 atom stereocenters. The van der Waals surface area contributed by atoms with Gasteiger partial charge in [-0.25, -0.2) is 4.79 Å². The van der Waals surface area contributed by atoms with E-state index in [1.807, 2.05) is 0 Å². The molecule has 0 aliphatic carbocycles. The average molecular weight is 505 g/mol. The topological polar surface area (TPSA) is 128 Å². The Kier molecular flexibility index (Phi) is 8.13. The van der Waals surface area contributed by atoms with E-state index in [2.05, 4.69) is 10.6 Å². The first-order valence-corrected chi connectivity index (χ1v) is 13.5. The molecule has 9 nitrogen and oxygen atoms in total. The van der Waals surface area contributed by atoms with Gasteiger partial charge in [0.15, 0.2) is 11.5 Å². The van der Waals surface area contributed by atoms with Crippen molar-refractivity contribution in [2.75, 3.05) is 16.4 Å². The Balaban J connectivity index is 1.72. The van der Waals surface area contributed by atoms with E-state index < -0.39 is 26.3 Å². The highest BCUT2D eigenvalue weighted by Gasteiger charge is 2.19. The molecule has 180 valence electrons. The Bertz CT molecular complexity index is 1340. The summed E-state index contributed by atoms with van der Waals surface area (Å²) < 4.78 is 59.4. The molecule has 0 saturated carbocycles. The standard InChI is InChI=1S/C23H24N2O7S2/c1-2-16-33(27,28)31-21-14-8-6-12-19(21)24-23(26)25-20-13-7-9-15-22(20)32-34(29,30)17-18-10-4-3-5-11-18/h3-15H,2,16-17H2,1H3,(H2,24,25,26). The van der Waals surface area contributed by atoms with Gasteiger partial charge in [0.25, 0.3) is 0 Å². The zero-order chi connectivity index (χ0) is 24.6. The molecule has 0 radical (unpaired) electrons. The van der Waals surface area contributed by atoms with Gasteiger partial charge in [0.1, 0.15) is 5.75 Å². The summed E-state index contributed by atoms with van der Waals surface area (Å²) in [6, 6.07) is 19.9. The molecule has 0 aliphatic rings. The molecule has 0 bridgehead atoms. The van der Waals surface area contributed by atoms with Crippen LogP contribution in [-0.4, -0.2) is 28.6 Å². The number of amides is 2. The number of anilines is 2. The summed E-state index contributed by atoms with van der Waals surface area (Å²) in [5, 5.41) is 5.03. The first-order chi connectivity index (χ1) is 16.2. The smallest absolute Gasteiger partial charge is 0.323 e. The second-order valence-electron chi connectivity index (χ2n) is 7.19. The van der Waals surface area contributed by atoms with E-state index in [1.54, 1.807) is 61.5 Å². The third kappa shape index (κ3) is 7.49. The number of hydrogen-bond donors (Lipinski definition) is 2. The average Bonchev–Trinajstić information content (AvgIpc) is 2.76. The van der Waals surface area contributed by atoms with Crippen molar-refractivity contribution in [3.63, 3.8) is 0 Å². The lowest BCUT2D eigenvalue weighted by atomic mass is 10.2. The van der Waals surface area contributed by atoms with Crippen LogP contribution in [0.2, 0.25) is 0 Å². The maximum Gasteiger partial charge on any atom is 0.323 e. The van der Waals surface area contributed by atoms with Crippen LogP contribution in [0.4, 0.5) is 16.2 Å². The minimum atomic E-state index is -4.00. The molecule has 0 aliphatic heterocycles. The lowest BCUT2D eigenvalue weighted by molar-refractivity contribution is 0.262. The quantitative estimate of drug-likeness (QED) is 0.393. The SMILES string of the molecule is CCCS(=O)(=O)Oc1ccccc1NC(=O)Nc1ccccc1OS(=O)(=O)Cc1ccccc1. The van der Waals surface area contributed by atoms with Gasteiger partial charge in [-0.2, -0.15) is 16.8 Å². The van der Waals surface area contributed by atoms with Crippen molar-refractivity contribution in [2.45, 2.75) is 19.1 Å². The van der Waals surface area contributed by atoms with Crippen molar-refractivity contribution in [3.8, 4) is 11.5 Å². The molecule has 2 N–H and O–H groups in total. The molecule has 0 saturated heterocycles. The van der Waals surface area contributed by atoms with Gasteiger partial charge in [-0.15, -0.1) is 0 Å². The Labute approximate surface area is 199 Å². The first-order valence-electron chi connectivity index (χ1n) is 10.3. The molecule has 0 heterocycles. The number of carbonyl (C=O) groups is 1. The molecule has 0 fully saturated rings. The van der Waals surface area contributed by atoms with Crippen LogP contribution >= 0.6 is 0 Å². The summed E-state index contributed by atoms with van der Waals surface area (Å²) in [6.45, 7) is 1.71. The predicted octanol–water partition coefficient (Wildman–Crippen LogP) is 4.36. The van der Waals surface area contributed by atoms with E-state index >= 15 is 0 Å². The summed E-state index contributed by atoms with van der Waals surface area (Å²) in [6.07, 6.45) is 0.377. The maximum absolute atomic E-state index is 12.6. The fourth-order valence-corrected chi connectivity index (χ4v) is 5.01. The summed E-state index contributed by atoms with van der Waals surface area (Å²) in [4.78, 5) is 12.6. The van der Waals surface area contributed by atoms with Crippen LogP contribution in [-0.2, 0) is 26.0 Å². The number of urea groups is 1. The Morgan fingerprint density at radius 2 is 1.18 bits per heavy atom. The zero-order valence-corrected chi connectivity index (χ0v) is 19.9. The minimum absolute atomic E-state index is 0.0407. The molecule has 0 aromatic heterocycles. The van der Waals surface area contributed by atoms with Crippen molar-refractivity contribution in [1.29, 1.82) is 0 Å². The molecule has 2 amide bonds. The van der Waals surface area contributed by atoms with E-state index in [9.17, 15) is 21.6 Å². The van der Waals surface area contributed by atoms with Crippen LogP contribution in [0.3, 0.4) is 0 Å². The Morgan fingerprint density at radius 1 is 0.706 bits per heavy atom. The number of para-hydroxylation sites is 4. The normalized spacial score (nSPS) is 11.4. The molecule has 3 aromatic carbocycles. The Hall–Kier alpha value is -3.57. The van der Waals surface area contributed by atoms with E-state index in [4.69, 9.17) is 8.37 Å². The summed E-state index contributed by atoms with van der Waals surface area (Å²) in [5.74, 6) is -0.620. The Morgan fingerprint density at radius 3 is 1.71 bits per heavy atom. The minimum Gasteiger partial charge on any atom is -0.380 e. The largest absolute Gasteiger partial charge is 0.380 e. The second-order valence-corrected chi connectivity index (χ2v) is 10.4. The highest BCUT2D eigenvalue weighted by atomic mass is 32.2. The van der Waals surface area contributed by atoms with Gasteiger partial charge in [0, 0.05) is 0 Å². The van der Waals surface area contributed by atoms with Gasteiger partial charge in [-0.05, 0) is 36.2 Å². The highest BCUT2D eigenvalue weighted by molar-refractivity contribution is 7.87. The molecule has 0 unspecified atom stereocenters. The van der Waals surface area contributed by atoms with Crippen LogP contribution in [0.15, 0.2) is 78.9 Å². The first kappa shape index (κ1) is 25.1. The fourth-order valence-electron chi connectivity index (χ4n) is 2.93. The molecular weight excluding hydrogens is 480 g/mol. The number of rotatable bonds is 10. The molecule has 11 heteroatoms. The van der Waals surface area contributed by atoms with Gasteiger partial charge in [-0.1, -0.05) is 61.5 Å². The van der Waals surface area contributed by atoms with Crippen molar-refractivity contribution < 1.29 is 30.0 Å². The van der Waals surface area contributed by atoms with E-state index in [0.717, 1.165) is 0 Å². The summed E-state index contributed by atoms with van der Waals surface area (Å²) in [7, 11) is -7.81. The zero-order valence-electron chi connectivity index (χ0n) is 18.3. The van der Waals surface area contributed by atoms with Crippen molar-refractivity contribution in [2.24, 2.45) is 0 Å². The third-order valence-corrected chi connectivity index (χ3v) is 6.81. The number of carbonyl (C=O) groups excluding carboxylic acids is 1. The monoisotopic (exact) mass is 504 g/mol. The van der Waals surface area contributed by atoms with Crippen LogP contribution in [0.25, 0.3) is 0 Å². The van der Waals surface area contributed by atoms with Crippen LogP contribution < -0.4 is 19.0 Å². The molecule has 34 heavy (non-hydrogen) atoms. The lowest BCUT2D eigenvalue weighted by Crippen LogP contribution is -2.22. The molecular formula is C23H24N2O7S2. The van der Waals surface area contributed by atoms with Gasteiger partial charge in [0.05, 0.1) is 17.1 Å². The van der Waals surface area contributed by atoms with Crippen LogP contribution in [0.1, 0.15) is 18.9 Å². The molecule has 3 rings (SSSR count). The van der Waals surface area contributed by atoms with Crippen molar-refractivity contribution in [3.05, 3.63) is 84.4 Å². The van der Waals surface area contributed by atoms with E-state index in [-0.39, 0.29) is 34.4 Å². The second kappa shape index (κ2) is 11.0. The van der Waals surface area contributed by atoms with Gasteiger partial charge in [-0.3, -0.25) is 0 Å². The fraction of sp³-hybridized carbons (Fsp3) is 0.174. The summed E-state index contributed by atoms with van der Waals surface area (Å²) >= 11 is 0. The summed E-state index contributed by atoms with van der Waals surface area (Å²) in [5.41, 5.74) is 0.781.